The lowest BCUT2D eigenvalue weighted by Crippen LogP contribution is -2.21. The molecule has 3 aromatic rings. The molecular weight excluding hydrogens is 300 g/mol. The zero-order valence-corrected chi connectivity index (χ0v) is 13.2. The van der Waals surface area contributed by atoms with Gasteiger partial charge in [0.2, 0.25) is 5.95 Å². The fourth-order valence-electron chi connectivity index (χ4n) is 2.54. The van der Waals surface area contributed by atoms with Crippen molar-refractivity contribution < 1.29 is 0 Å². The number of nitrogen functional groups attached to an aromatic ring is 1. The topological polar surface area (TPSA) is 84.7 Å². The summed E-state index contributed by atoms with van der Waals surface area (Å²) in [6.45, 7) is 0. The lowest BCUT2D eigenvalue weighted by Gasteiger charge is -2.08. The van der Waals surface area contributed by atoms with E-state index in [1.54, 1.807) is 13.1 Å². The molecule has 0 unspecified atom stereocenters. The van der Waals surface area contributed by atoms with Crippen LogP contribution in [0.25, 0.3) is 11.1 Å². The average Bonchev–Trinajstić information content (AvgIpc) is 2.60. The van der Waals surface area contributed by atoms with Crippen molar-refractivity contribution in [2.75, 3.05) is 5.73 Å². The summed E-state index contributed by atoms with van der Waals surface area (Å²) in [5, 5.41) is 9.03. The summed E-state index contributed by atoms with van der Waals surface area (Å²) in [7, 11) is 1.59. The van der Waals surface area contributed by atoms with E-state index in [0.29, 0.717) is 17.7 Å². The number of nitrogens with two attached hydrogens (primary N) is 1. The Morgan fingerprint density at radius 1 is 1.12 bits per heavy atom. The second-order valence-corrected chi connectivity index (χ2v) is 5.57. The van der Waals surface area contributed by atoms with Gasteiger partial charge in [-0.25, -0.2) is 4.98 Å². The van der Waals surface area contributed by atoms with Crippen LogP contribution in [0, 0.1) is 11.3 Å². The first-order chi connectivity index (χ1) is 11.6. The number of hydrogen-bond donors (Lipinski definition) is 1. The van der Waals surface area contributed by atoms with Gasteiger partial charge in [0.1, 0.15) is 0 Å². The number of hydrogen-bond acceptors (Lipinski definition) is 4. The highest BCUT2D eigenvalue weighted by Gasteiger charge is 2.06. The number of benzene rings is 2. The molecule has 0 aliphatic rings. The molecule has 1 aromatic heterocycles. The van der Waals surface area contributed by atoms with Gasteiger partial charge in [0.05, 0.1) is 17.3 Å². The highest BCUT2D eigenvalue weighted by atomic mass is 16.1. The van der Waals surface area contributed by atoms with E-state index in [1.165, 1.54) is 10.6 Å². The Hall–Kier alpha value is -3.39. The number of aromatic nitrogens is 2. The number of anilines is 1. The minimum Gasteiger partial charge on any atom is -0.369 e. The Kier molecular flexibility index (Phi) is 4.13. The Morgan fingerprint density at radius 2 is 1.83 bits per heavy atom. The molecule has 118 valence electrons. The lowest BCUT2D eigenvalue weighted by molar-refractivity contribution is 0.825. The summed E-state index contributed by atoms with van der Waals surface area (Å²) in [5.74, 6) is 0.204. The average molecular weight is 316 g/mol. The van der Waals surface area contributed by atoms with E-state index >= 15 is 0 Å². The van der Waals surface area contributed by atoms with Gasteiger partial charge in [-0.1, -0.05) is 36.4 Å². The number of nitriles is 1. The molecule has 0 bridgehead atoms. The summed E-state index contributed by atoms with van der Waals surface area (Å²) in [6, 6.07) is 19.1. The van der Waals surface area contributed by atoms with Crippen molar-refractivity contribution in [2.24, 2.45) is 7.05 Å². The van der Waals surface area contributed by atoms with Crippen molar-refractivity contribution >= 4 is 5.95 Å². The molecular formula is C19H16N4O. The molecule has 1 heterocycles. The molecule has 2 aromatic carbocycles. The summed E-state index contributed by atoms with van der Waals surface area (Å²) < 4.78 is 1.31. The van der Waals surface area contributed by atoms with Gasteiger partial charge in [0.15, 0.2) is 0 Å². The lowest BCUT2D eigenvalue weighted by atomic mass is 9.99. The van der Waals surface area contributed by atoms with Gasteiger partial charge in [-0.3, -0.25) is 9.36 Å². The Morgan fingerprint density at radius 3 is 2.54 bits per heavy atom. The smallest absolute Gasteiger partial charge is 0.254 e. The molecule has 3 rings (SSSR count). The molecule has 0 fully saturated rings. The van der Waals surface area contributed by atoms with Crippen LogP contribution in [0.2, 0.25) is 0 Å². The second-order valence-electron chi connectivity index (χ2n) is 5.57. The van der Waals surface area contributed by atoms with Gasteiger partial charge in [-0.05, 0) is 28.8 Å². The van der Waals surface area contributed by atoms with Crippen LogP contribution in [0.4, 0.5) is 5.95 Å². The fraction of sp³-hybridized carbons (Fsp3) is 0.105. The first-order valence-electron chi connectivity index (χ1n) is 7.49. The van der Waals surface area contributed by atoms with Crippen LogP contribution in [-0.2, 0) is 13.5 Å². The van der Waals surface area contributed by atoms with Crippen molar-refractivity contribution in [3.63, 3.8) is 0 Å². The summed E-state index contributed by atoms with van der Waals surface area (Å²) >= 11 is 0. The van der Waals surface area contributed by atoms with E-state index in [0.717, 1.165) is 16.7 Å². The van der Waals surface area contributed by atoms with Crippen LogP contribution in [-0.4, -0.2) is 9.55 Å². The molecule has 0 atom stereocenters. The standard InChI is InChI=1S/C19H16N4O/c1-23-18(24)11-17(22-19(23)21)10-13-4-2-6-15(8-13)16-7-3-5-14(9-16)12-20/h2-9,11H,10H2,1H3,(H2,21,22). The maximum atomic E-state index is 11.8. The van der Waals surface area contributed by atoms with Crippen LogP contribution in [0.5, 0.6) is 0 Å². The fourth-order valence-corrected chi connectivity index (χ4v) is 2.54. The number of nitrogens with zero attached hydrogens (tertiary/aromatic N) is 3. The van der Waals surface area contributed by atoms with Crippen LogP contribution in [0.1, 0.15) is 16.8 Å². The van der Waals surface area contributed by atoms with Gasteiger partial charge < -0.3 is 5.73 Å². The monoisotopic (exact) mass is 316 g/mol. The van der Waals surface area contributed by atoms with E-state index < -0.39 is 0 Å². The normalized spacial score (nSPS) is 10.3. The molecule has 24 heavy (non-hydrogen) atoms. The van der Waals surface area contributed by atoms with E-state index in [1.807, 2.05) is 42.5 Å². The van der Waals surface area contributed by atoms with Crippen LogP contribution in [0.15, 0.2) is 59.4 Å². The van der Waals surface area contributed by atoms with Gasteiger partial charge in [0, 0.05) is 19.5 Å². The highest BCUT2D eigenvalue weighted by Crippen LogP contribution is 2.22. The van der Waals surface area contributed by atoms with Crippen LogP contribution in [0.3, 0.4) is 0 Å². The summed E-state index contributed by atoms with van der Waals surface area (Å²) in [6.07, 6.45) is 0.520. The molecule has 0 radical (unpaired) electrons. The van der Waals surface area contributed by atoms with Gasteiger partial charge >= 0.3 is 0 Å². The molecule has 5 heteroatoms. The minimum atomic E-state index is -0.171. The van der Waals surface area contributed by atoms with Crippen molar-refractivity contribution in [3.8, 4) is 17.2 Å². The largest absolute Gasteiger partial charge is 0.369 e. The molecule has 5 nitrogen and oxygen atoms in total. The van der Waals surface area contributed by atoms with E-state index in [4.69, 9.17) is 11.0 Å². The molecule has 0 amide bonds. The van der Waals surface area contributed by atoms with E-state index in [2.05, 4.69) is 11.1 Å². The predicted molar refractivity (Wildman–Crippen MR) is 93.3 cm³/mol. The molecule has 2 N–H and O–H groups in total. The van der Waals surface area contributed by atoms with Crippen LogP contribution >= 0.6 is 0 Å². The zero-order valence-electron chi connectivity index (χ0n) is 13.2. The van der Waals surface area contributed by atoms with Crippen molar-refractivity contribution in [3.05, 3.63) is 81.8 Å². The summed E-state index contributed by atoms with van der Waals surface area (Å²) in [5.41, 5.74) is 9.86. The quantitative estimate of drug-likeness (QED) is 0.804. The van der Waals surface area contributed by atoms with Gasteiger partial charge in [0.25, 0.3) is 5.56 Å². The zero-order chi connectivity index (χ0) is 17.1. The second kappa shape index (κ2) is 6.39. The number of rotatable bonds is 3. The third-order valence-electron chi connectivity index (χ3n) is 3.86. The Balaban J connectivity index is 1.94. The van der Waals surface area contributed by atoms with Crippen molar-refractivity contribution in [1.29, 1.82) is 5.26 Å². The van der Waals surface area contributed by atoms with Crippen LogP contribution < -0.4 is 11.3 Å². The molecule has 0 spiro atoms. The Bertz CT molecular complexity index is 999. The highest BCUT2D eigenvalue weighted by molar-refractivity contribution is 5.66. The third-order valence-corrected chi connectivity index (χ3v) is 3.86. The van der Waals surface area contributed by atoms with Crippen molar-refractivity contribution in [1.82, 2.24) is 9.55 Å². The Labute approximate surface area is 139 Å². The summed E-state index contributed by atoms with van der Waals surface area (Å²) in [4.78, 5) is 16.1. The SMILES string of the molecule is Cn1c(N)nc(Cc2cccc(-c3cccc(C#N)c3)c2)cc1=O. The molecule has 0 saturated carbocycles. The van der Waals surface area contributed by atoms with E-state index in [-0.39, 0.29) is 11.5 Å². The van der Waals surface area contributed by atoms with Crippen molar-refractivity contribution in [2.45, 2.75) is 6.42 Å². The van der Waals surface area contributed by atoms with Gasteiger partial charge in [-0.15, -0.1) is 0 Å². The molecule has 0 saturated heterocycles. The minimum absolute atomic E-state index is 0.171. The first-order valence-corrected chi connectivity index (χ1v) is 7.49. The first kappa shape index (κ1) is 15.5. The predicted octanol–water partition coefficient (Wildman–Crippen LogP) is 2.49. The van der Waals surface area contributed by atoms with E-state index in [9.17, 15) is 4.79 Å². The third kappa shape index (κ3) is 3.18. The molecule has 0 aliphatic heterocycles. The molecule has 0 aliphatic carbocycles. The maximum Gasteiger partial charge on any atom is 0.254 e. The maximum absolute atomic E-state index is 11.8. The van der Waals surface area contributed by atoms with Gasteiger partial charge in [-0.2, -0.15) is 5.26 Å².